The molecule has 1 N–H and O–H groups in total. The Kier molecular flexibility index (Phi) is 4.10. The molecule has 1 fully saturated rings. The summed E-state index contributed by atoms with van der Waals surface area (Å²) in [6.45, 7) is 8.11. The predicted molar refractivity (Wildman–Crippen MR) is 75.5 cm³/mol. The molecule has 0 aliphatic carbocycles. The zero-order valence-electron chi connectivity index (χ0n) is 11.6. The van der Waals surface area contributed by atoms with Gasteiger partial charge in [0.2, 0.25) is 10.0 Å². The third-order valence-electron chi connectivity index (χ3n) is 3.69. The molecule has 0 bridgehead atoms. The van der Waals surface area contributed by atoms with E-state index in [1.807, 2.05) is 6.92 Å². The number of anilines is 1. The Morgan fingerprint density at radius 1 is 1.32 bits per heavy atom. The van der Waals surface area contributed by atoms with Gasteiger partial charge in [-0.15, -0.1) is 0 Å². The Morgan fingerprint density at radius 2 is 1.95 bits per heavy atom. The first-order valence-electron chi connectivity index (χ1n) is 6.65. The summed E-state index contributed by atoms with van der Waals surface area (Å²) in [6.07, 6.45) is 1.43. The van der Waals surface area contributed by atoms with Crippen molar-refractivity contribution in [1.29, 1.82) is 0 Å². The maximum atomic E-state index is 12.5. The maximum Gasteiger partial charge on any atom is 0.244 e. The van der Waals surface area contributed by atoms with E-state index in [9.17, 15) is 8.42 Å². The normalized spacial score (nSPS) is 24.6. The van der Waals surface area contributed by atoms with E-state index in [1.165, 1.54) is 6.20 Å². The van der Waals surface area contributed by atoms with Gasteiger partial charge in [0.15, 0.2) is 0 Å². The molecule has 2 rings (SSSR count). The van der Waals surface area contributed by atoms with Crippen LogP contribution >= 0.6 is 0 Å². The fraction of sp³-hybridized carbons (Fsp3) is 0.615. The van der Waals surface area contributed by atoms with Crippen molar-refractivity contribution >= 4 is 15.8 Å². The second kappa shape index (κ2) is 5.46. The number of aromatic nitrogens is 1. The lowest BCUT2D eigenvalue weighted by molar-refractivity contribution is 0.463. The maximum absolute atomic E-state index is 12.5. The molecule has 1 saturated heterocycles. The fourth-order valence-electron chi connectivity index (χ4n) is 2.24. The van der Waals surface area contributed by atoms with Crippen LogP contribution < -0.4 is 5.32 Å². The molecule has 106 valence electrons. The van der Waals surface area contributed by atoms with Crippen molar-refractivity contribution in [3.8, 4) is 0 Å². The first-order chi connectivity index (χ1) is 8.95. The van der Waals surface area contributed by atoms with Gasteiger partial charge in [0.25, 0.3) is 0 Å². The lowest BCUT2D eigenvalue weighted by Gasteiger charge is -2.16. The van der Waals surface area contributed by atoms with Crippen LogP contribution in [0, 0.1) is 11.8 Å². The Morgan fingerprint density at radius 3 is 2.42 bits per heavy atom. The van der Waals surface area contributed by atoms with Gasteiger partial charge in [0, 0.05) is 25.8 Å². The highest BCUT2D eigenvalue weighted by molar-refractivity contribution is 7.89. The highest BCUT2D eigenvalue weighted by Crippen LogP contribution is 2.27. The van der Waals surface area contributed by atoms with E-state index < -0.39 is 10.0 Å². The second-order valence-corrected chi connectivity index (χ2v) is 7.12. The average molecular weight is 283 g/mol. The van der Waals surface area contributed by atoms with Crippen LogP contribution in [0.4, 0.5) is 5.82 Å². The Bertz CT molecular complexity index is 517. The molecular weight excluding hydrogens is 262 g/mol. The van der Waals surface area contributed by atoms with Crippen molar-refractivity contribution in [3.05, 3.63) is 18.3 Å². The molecule has 2 heterocycles. The van der Waals surface area contributed by atoms with Crippen LogP contribution in [0.25, 0.3) is 0 Å². The summed E-state index contributed by atoms with van der Waals surface area (Å²) in [5.74, 6) is 1.51. The Labute approximate surface area is 115 Å². The number of hydrogen-bond donors (Lipinski definition) is 1. The Hall–Kier alpha value is -1.14. The van der Waals surface area contributed by atoms with E-state index in [-0.39, 0.29) is 4.90 Å². The van der Waals surface area contributed by atoms with Gasteiger partial charge in [-0.1, -0.05) is 13.8 Å². The van der Waals surface area contributed by atoms with E-state index >= 15 is 0 Å². The molecular formula is C13H21N3O2S. The molecule has 6 heteroatoms. The summed E-state index contributed by atoms with van der Waals surface area (Å²) in [7, 11) is -3.39. The van der Waals surface area contributed by atoms with Gasteiger partial charge in [-0.25, -0.2) is 13.4 Å². The lowest BCUT2D eigenvalue weighted by Crippen LogP contribution is -2.29. The quantitative estimate of drug-likeness (QED) is 0.915. The van der Waals surface area contributed by atoms with Crippen molar-refractivity contribution in [2.75, 3.05) is 25.0 Å². The monoisotopic (exact) mass is 283 g/mol. The van der Waals surface area contributed by atoms with E-state index in [1.54, 1.807) is 16.4 Å². The Balaban J connectivity index is 2.20. The predicted octanol–water partition coefficient (Wildman–Crippen LogP) is 1.79. The smallest absolute Gasteiger partial charge is 0.244 e. The molecule has 1 aromatic heterocycles. The zero-order valence-corrected chi connectivity index (χ0v) is 12.4. The minimum absolute atomic E-state index is 0.274. The number of sulfonamides is 1. The van der Waals surface area contributed by atoms with E-state index in [4.69, 9.17) is 0 Å². The van der Waals surface area contributed by atoms with Crippen molar-refractivity contribution in [2.45, 2.75) is 25.7 Å². The standard InChI is InChI=1S/C13H21N3O2S/c1-4-14-13-6-5-12(7-15-13)19(17,18)16-8-10(2)11(3)9-16/h5-7,10-11H,4,8-9H2,1-3H3,(H,14,15). The molecule has 0 aromatic carbocycles. The van der Waals surface area contributed by atoms with E-state index in [0.29, 0.717) is 30.7 Å². The molecule has 1 aromatic rings. The average Bonchev–Trinajstić information content (AvgIpc) is 2.71. The van der Waals surface area contributed by atoms with Crippen molar-refractivity contribution in [2.24, 2.45) is 11.8 Å². The third kappa shape index (κ3) is 2.90. The zero-order chi connectivity index (χ0) is 14.0. The first-order valence-corrected chi connectivity index (χ1v) is 8.09. The van der Waals surface area contributed by atoms with Gasteiger partial charge in [-0.2, -0.15) is 4.31 Å². The molecule has 5 nitrogen and oxygen atoms in total. The molecule has 2 unspecified atom stereocenters. The van der Waals surface area contributed by atoms with Gasteiger partial charge in [-0.3, -0.25) is 0 Å². The SMILES string of the molecule is CCNc1ccc(S(=O)(=O)N2CC(C)C(C)C2)cn1. The van der Waals surface area contributed by atoms with Crippen molar-refractivity contribution in [1.82, 2.24) is 9.29 Å². The molecule has 1 aliphatic heterocycles. The summed E-state index contributed by atoms with van der Waals surface area (Å²) in [6, 6.07) is 3.33. The van der Waals surface area contributed by atoms with Gasteiger partial charge < -0.3 is 5.32 Å². The van der Waals surface area contributed by atoms with Crippen LogP contribution in [0.1, 0.15) is 20.8 Å². The van der Waals surface area contributed by atoms with Crippen molar-refractivity contribution < 1.29 is 8.42 Å². The van der Waals surface area contributed by atoms with Gasteiger partial charge in [0.05, 0.1) is 0 Å². The number of pyridine rings is 1. The summed E-state index contributed by atoms with van der Waals surface area (Å²) in [5, 5.41) is 3.05. The molecule has 0 radical (unpaired) electrons. The van der Waals surface area contributed by atoms with Crippen LogP contribution in [-0.4, -0.2) is 37.3 Å². The molecule has 19 heavy (non-hydrogen) atoms. The lowest BCUT2D eigenvalue weighted by atomic mass is 10.0. The van der Waals surface area contributed by atoms with Crippen LogP contribution in [0.5, 0.6) is 0 Å². The second-order valence-electron chi connectivity index (χ2n) is 5.19. The topological polar surface area (TPSA) is 62.3 Å². The minimum Gasteiger partial charge on any atom is -0.370 e. The molecule has 0 amide bonds. The molecule has 2 atom stereocenters. The van der Waals surface area contributed by atoms with Crippen LogP contribution in [0.2, 0.25) is 0 Å². The van der Waals surface area contributed by atoms with Crippen LogP contribution in [0.15, 0.2) is 23.2 Å². The van der Waals surface area contributed by atoms with Crippen LogP contribution in [0.3, 0.4) is 0 Å². The molecule has 0 saturated carbocycles. The number of nitrogens with one attached hydrogen (secondary N) is 1. The van der Waals surface area contributed by atoms with Gasteiger partial charge in [0.1, 0.15) is 10.7 Å². The van der Waals surface area contributed by atoms with Crippen molar-refractivity contribution in [3.63, 3.8) is 0 Å². The van der Waals surface area contributed by atoms with Crippen LogP contribution in [-0.2, 0) is 10.0 Å². The van der Waals surface area contributed by atoms with Gasteiger partial charge >= 0.3 is 0 Å². The summed E-state index contributed by atoms with van der Waals surface area (Å²) >= 11 is 0. The highest BCUT2D eigenvalue weighted by Gasteiger charge is 2.34. The van der Waals surface area contributed by atoms with E-state index in [0.717, 1.165) is 6.54 Å². The molecule has 1 aliphatic rings. The molecule has 0 spiro atoms. The number of hydrogen-bond acceptors (Lipinski definition) is 4. The van der Waals surface area contributed by atoms with E-state index in [2.05, 4.69) is 24.1 Å². The largest absolute Gasteiger partial charge is 0.370 e. The number of rotatable bonds is 4. The highest BCUT2D eigenvalue weighted by atomic mass is 32.2. The summed E-state index contributed by atoms with van der Waals surface area (Å²) < 4.78 is 26.5. The third-order valence-corrected chi connectivity index (χ3v) is 5.50. The minimum atomic E-state index is -3.39. The fourth-order valence-corrected chi connectivity index (χ4v) is 3.83. The number of nitrogens with zero attached hydrogens (tertiary/aromatic N) is 2. The first kappa shape index (κ1) is 14.3. The summed E-state index contributed by atoms with van der Waals surface area (Å²) in [4.78, 5) is 4.40. The summed E-state index contributed by atoms with van der Waals surface area (Å²) in [5.41, 5.74) is 0. The van der Waals surface area contributed by atoms with Gasteiger partial charge in [-0.05, 0) is 30.9 Å².